The van der Waals surface area contributed by atoms with Crippen LogP contribution < -0.4 is 0 Å². The van der Waals surface area contributed by atoms with Gasteiger partial charge in [0.25, 0.3) is 0 Å². The molecule has 2 aliphatic rings. The van der Waals surface area contributed by atoms with Crippen LogP contribution in [0.3, 0.4) is 0 Å². The molecule has 1 N–H and O–H groups in total. The largest absolute Gasteiger partial charge is 0.392 e. The van der Waals surface area contributed by atoms with Crippen LogP contribution in [0.25, 0.3) is 0 Å². The normalized spacial score (nSPS) is 36.3. The van der Waals surface area contributed by atoms with Gasteiger partial charge in [-0.1, -0.05) is 18.2 Å². The van der Waals surface area contributed by atoms with Crippen molar-refractivity contribution in [3.05, 3.63) is 23.8 Å². The first kappa shape index (κ1) is 6.17. The van der Waals surface area contributed by atoms with Crippen molar-refractivity contribution in [1.29, 1.82) is 0 Å². The van der Waals surface area contributed by atoms with Crippen LogP contribution in [0.5, 0.6) is 0 Å². The van der Waals surface area contributed by atoms with Crippen molar-refractivity contribution in [3.63, 3.8) is 0 Å². The van der Waals surface area contributed by atoms with Crippen LogP contribution in [0.1, 0.15) is 12.8 Å². The van der Waals surface area contributed by atoms with Gasteiger partial charge in [0.15, 0.2) is 0 Å². The van der Waals surface area contributed by atoms with Gasteiger partial charge in [-0.15, -0.1) is 0 Å². The summed E-state index contributed by atoms with van der Waals surface area (Å²) in [5.74, 6) is 1.38. The Balaban J connectivity index is 2.14. The molecule has 0 unspecified atom stereocenters. The molecule has 0 fully saturated rings. The fourth-order valence-electron chi connectivity index (χ4n) is 2.00. The molecular formula is C9H12O. The third-order valence-corrected chi connectivity index (χ3v) is 2.60. The van der Waals surface area contributed by atoms with E-state index in [0.29, 0.717) is 5.92 Å². The van der Waals surface area contributed by atoms with Gasteiger partial charge in [-0.2, -0.15) is 0 Å². The summed E-state index contributed by atoms with van der Waals surface area (Å²) >= 11 is 0. The second kappa shape index (κ2) is 2.24. The molecule has 0 radical (unpaired) electrons. The monoisotopic (exact) mass is 136 g/mol. The van der Waals surface area contributed by atoms with Crippen LogP contribution in [0.15, 0.2) is 23.8 Å². The number of allylic oxidation sites excluding steroid dienone is 3. The fourth-order valence-corrected chi connectivity index (χ4v) is 2.00. The van der Waals surface area contributed by atoms with E-state index >= 15 is 0 Å². The van der Waals surface area contributed by atoms with Crippen LogP contribution >= 0.6 is 0 Å². The van der Waals surface area contributed by atoms with E-state index in [2.05, 4.69) is 18.2 Å². The summed E-state index contributed by atoms with van der Waals surface area (Å²) in [7, 11) is 0. The van der Waals surface area contributed by atoms with E-state index < -0.39 is 0 Å². The number of hydrogen-bond donors (Lipinski definition) is 1. The topological polar surface area (TPSA) is 20.2 Å². The molecule has 2 atom stereocenters. The average molecular weight is 136 g/mol. The molecule has 1 heteroatoms. The highest BCUT2D eigenvalue weighted by atomic mass is 16.3. The van der Waals surface area contributed by atoms with Gasteiger partial charge in [0.05, 0.1) is 6.61 Å². The van der Waals surface area contributed by atoms with E-state index in [1.54, 1.807) is 0 Å². The van der Waals surface area contributed by atoms with Crippen molar-refractivity contribution in [1.82, 2.24) is 0 Å². The van der Waals surface area contributed by atoms with E-state index in [1.807, 2.05) is 0 Å². The van der Waals surface area contributed by atoms with Gasteiger partial charge in [-0.05, 0) is 30.3 Å². The Hall–Kier alpha value is -0.560. The standard InChI is InChI=1S/C9H12O/c10-6-8-5-4-7-2-1-3-9(7)8/h1-2,5,7,9-10H,3-4,6H2/t7-,9-/m1/s1. The zero-order valence-corrected chi connectivity index (χ0v) is 5.96. The van der Waals surface area contributed by atoms with Crippen LogP contribution in [0, 0.1) is 11.8 Å². The second-order valence-electron chi connectivity index (χ2n) is 3.11. The lowest BCUT2D eigenvalue weighted by Crippen LogP contribution is -2.05. The highest BCUT2D eigenvalue weighted by molar-refractivity contribution is 5.23. The van der Waals surface area contributed by atoms with E-state index in [-0.39, 0.29) is 6.61 Å². The SMILES string of the molecule is OCC1=CC[C@H]2C=CC[C@@H]12. The molecule has 0 saturated carbocycles. The zero-order valence-electron chi connectivity index (χ0n) is 5.96. The first-order chi connectivity index (χ1) is 4.92. The molecule has 0 aromatic rings. The van der Waals surface area contributed by atoms with E-state index in [1.165, 1.54) is 5.57 Å². The van der Waals surface area contributed by atoms with E-state index in [4.69, 9.17) is 5.11 Å². The first-order valence-electron chi connectivity index (χ1n) is 3.88. The summed E-state index contributed by atoms with van der Waals surface area (Å²) < 4.78 is 0. The minimum Gasteiger partial charge on any atom is -0.392 e. The van der Waals surface area contributed by atoms with Gasteiger partial charge in [-0.3, -0.25) is 0 Å². The average Bonchev–Trinajstić information content (AvgIpc) is 2.44. The Morgan fingerprint density at radius 3 is 3.20 bits per heavy atom. The summed E-state index contributed by atoms with van der Waals surface area (Å²) in [6, 6.07) is 0. The van der Waals surface area contributed by atoms with Crippen molar-refractivity contribution in [3.8, 4) is 0 Å². The van der Waals surface area contributed by atoms with Crippen LogP contribution in [-0.4, -0.2) is 11.7 Å². The first-order valence-corrected chi connectivity index (χ1v) is 3.88. The lowest BCUT2D eigenvalue weighted by atomic mass is 9.94. The second-order valence-corrected chi connectivity index (χ2v) is 3.11. The molecule has 1 nitrogen and oxygen atoms in total. The predicted octanol–water partition coefficient (Wildman–Crippen LogP) is 1.50. The molecule has 0 amide bonds. The van der Waals surface area contributed by atoms with Gasteiger partial charge in [0.2, 0.25) is 0 Å². The van der Waals surface area contributed by atoms with Gasteiger partial charge in [0, 0.05) is 0 Å². The van der Waals surface area contributed by atoms with Gasteiger partial charge < -0.3 is 5.11 Å². The Bertz CT molecular complexity index is 191. The van der Waals surface area contributed by atoms with Crippen molar-refractivity contribution >= 4 is 0 Å². The number of aliphatic hydroxyl groups excluding tert-OH is 1. The molecule has 0 saturated heterocycles. The predicted molar refractivity (Wildman–Crippen MR) is 40.5 cm³/mol. The minimum atomic E-state index is 0.267. The highest BCUT2D eigenvalue weighted by Crippen LogP contribution is 2.39. The number of aliphatic hydroxyl groups is 1. The summed E-state index contributed by atoms with van der Waals surface area (Å²) in [5, 5.41) is 8.92. The van der Waals surface area contributed by atoms with Crippen LogP contribution in [-0.2, 0) is 0 Å². The third kappa shape index (κ3) is 0.739. The van der Waals surface area contributed by atoms with Gasteiger partial charge in [-0.25, -0.2) is 0 Å². The maximum Gasteiger partial charge on any atom is 0.0644 e. The maximum atomic E-state index is 8.92. The summed E-state index contributed by atoms with van der Waals surface area (Å²) in [5.41, 5.74) is 1.26. The molecule has 0 spiro atoms. The van der Waals surface area contributed by atoms with Gasteiger partial charge in [0.1, 0.15) is 0 Å². The number of fused-ring (bicyclic) bond motifs is 1. The number of hydrogen-bond acceptors (Lipinski definition) is 1. The summed E-state index contributed by atoms with van der Waals surface area (Å²) in [6.45, 7) is 0.267. The van der Waals surface area contributed by atoms with Crippen molar-refractivity contribution in [2.24, 2.45) is 11.8 Å². The minimum absolute atomic E-state index is 0.267. The molecule has 0 heterocycles. The smallest absolute Gasteiger partial charge is 0.0644 e. The number of rotatable bonds is 1. The Morgan fingerprint density at radius 1 is 1.50 bits per heavy atom. The molecule has 0 aromatic carbocycles. The molecule has 0 aromatic heterocycles. The molecular weight excluding hydrogens is 124 g/mol. The molecule has 2 aliphatic carbocycles. The van der Waals surface area contributed by atoms with E-state index in [0.717, 1.165) is 18.8 Å². The van der Waals surface area contributed by atoms with Crippen molar-refractivity contribution in [2.45, 2.75) is 12.8 Å². The van der Waals surface area contributed by atoms with Crippen LogP contribution in [0.4, 0.5) is 0 Å². The molecule has 0 bridgehead atoms. The van der Waals surface area contributed by atoms with Gasteiger partial charge >= 0.3 is 0 Å². The molecule has 10 heavy (non-hydrogen) atoms. The maximum absolute atomic E-state index is 8.92. The van der Waals surface area contributed by atoms with Crippen molar-refractivity contribution in [2.75, 3.05) is 6.61 Å². The summed E-state index contributed by atoms with van der Waals surface area (Å²) in [4.78, 5) is 0. The summed E-state index contributed by atoms with van der Waals surface area (Å²) in [6.07, 6.45) is 9.01. The Labute approximate surface area is 61.1 Å². The Morgan fingerprint density at radius 2 is 2.40 bits per heavy atom. The molecule has 54 valence electrons. The quantitative estimate of drug-likeness (QED) is 0.542. The lowest BCUT2D eigenvalue weighted by Gasteiger charge is -2.11. The fraction of sp³-hybridized carbons (Fsp3) is 0.556. The third-order valence-electron chi connectivity index (χ3n) is 2.60. The lowest BCUT2D eigenvalue weighted by molar-refractivity contribution is 0.312. The zero-order chi connectivity index (χ0) is 6.97. The van der Waals surface area contributed by atoms with Crippen LogP contribution in [0.2, 0.25) is 0 Å². The van der Waals surface area contributed by atoms with Crippen molar-refractivity contribution < 1.29 is 5.11 Å². The molecule has 2 rings (SSSR count). The Kier molecular flexibility index (Phi) is 1.38. The molecule has 0 aliphatic heterocycles. The highest BCUT2D eigenvalue weighted by Gasteiger charge is 2.29. The van der Waals surface area contributed by atoms with E-state index in [9.17, 15) is 0 Å².